The molecule has 0 atom stereocenters. The molecule has 0 aliphatic heterocycles. The summed E-state index contributed by atoms with van der Waals surface area (Å²) in [7, 11) is 0. The number of hydrogen-bond acceptors (Lipinski definition) is 3. The Bertz CT molecular complexity index is 1480. The molecule has 0 fully saturated rings. The van der Waals surface area contributed by atoms with Crippen molar-refractivity contribution in [3.05, 3.63) is 127 Å². The molecule has 0 radical (unpaired) electrons. The fourth-order valence-electron chi connectivity index (χ4n) is 5.28. The molecule has 0 aliphatic carbocycles. The molecule has 0 spiro atoms. The Morgan fingerprint density at radius 1 is 0.643 bits per heavy atom. The molecule has 0 amide bonds. The standard InChI is InChI=1S/C37H39N3.C2H6/c1-6-37(5,7-2)35-23-20-29(27(3)4)24-34(35)36-38-25-30(26-39-36)28-18-21-33(22-19-28)40(31-14-10-8-11-15-31)32-16-12-9-13-17-32;1-2/h8-27H,6-7H2,1-5H3;1-2H3. The third kappa shape index (κ3) is 6.62. The third-order valence-corrected chi connectivity index (χ3v) is 8.30. The first-order valence-corrected chi connectivity index (χ1v) is 15.4. The maximum atomic E-state index is 4.90. The third-order valence-electron chi connectivity index (χ3n) is 8.30. The Kier molecular flexibility index (Phi) is 10.3. The SMILES string of the molecule is CC.CCC(C)(CC)c1ccc(C(C)C)cc1-c1ncc(-c2ccc(N(c3ccccc3)c3ccccc3)cc2)cn1. The van der Waals surface area contributed by atoms with E-state index in [4.69, 9.17) is 9.97 Å². The van der Waals surface area contributed by atoms with Crippen LogP contribution in [0, 0.1) is 0 Å². The maximum Gasteiger partial charge on any atom is 0.159 e. The summed E-state index contributed by atoms with van der Waals surface area (Å²) in [5.74, 6) is 1.25. The minimum Gasteiger partial charge on any atom is -0.311 e. The highest BCUT2D eigenvalue weighted by Gasteiger charge is 2.27. The average molecular weight is 556 g/mol. The lowest BCUT2D eigenvalue weighted by Gasteiger charge is -2.30. The van der Waals surface area contributed by atoms with E-state index in [0.717, 1.165) is 52.4 Å². The zero-order chi connectivity index (χ0) is 30.1. The van der Waals surface area contributed by atoms with Gasteiger partial charge in [0.15, 0.2) is 5.82 Å². The predicted molar refractivity (Wildman–Crippen MR) is 181 cm³/mol. The molecular formula is C39H45N3. The first kappa shape index (κ1) is 30.7. The molecule has 4 aromatic carbocycles. The normalized spacial score (nSPS) is 11.1. The van der Waals surface area contributed by atoms with Crippen molar-refractivity contribution in [2.45, 2.75) is 72.6 Å². The van der Waals surface area contributed by atoms with Crippen molar-refractivity contribution < 1.29 is 0 Å². The van der Waals surface area contributed by atoms with Gasteiger partial charge in [0.1, 0.15) is 0 Å². The molecule has 42 heavy (non-hydrogen) atoms. The van der Waals surface area contributed by atoms with Crippen LogP contribution in [-0.2, 0) is 5.41 Å². The molecule has 0 aliphatic rings. The highest BCUT2D eigenvalue weighted by Crippen LogP contribution is 2.39. The van der Waals surface area contributed by atoms with Crippen LogP contribution in [0.3, 0.4) is 0 Å². The monoisotopic (exact) mass is 555 g/mol. The second-order valence-electron chi connectivity index (χ2n) is 11.1. The molecule has 0 saturated carbocycles. The number of benzene rings is 4. The molecule has 0 bridgehead atoms. The minimum absolute atomic E-state index is 0.0894. The zero-order valence-electron chi connectivity index (χ0n) is 26.3. The summed E-state index contributed by atoms with van der Waals surface area (Å²) in [5.41, 5.74) is 9.36. The molecule has 3 heteroatoms. The van der Waals surface area contributed by atoms with E-state index >= 15 is 0 Å². The van der Waals surface area contributed by atoms with E-state index < -0.39 is 0 Å². The Balaban J connectivity index is 0.00000198. The highest BCUT2D eigenvalue weighted by molar-refractivity contribution is 5.78. The van der Waals surface area contributed by atoms with Crippen LogP contribution in [0.1, 0.15) is 78.4 Å². The number of rotatable bonds is 9. The molecule has 0 N–H and O–H groups in total. The van der Waals surface area contributed by atoms with Crippen LogP contribution in [0.2, 0.25) is 0 Å². The van der Waals surface area contributed by atoms with E-state index in [1.165, 1.54) is 11.1 Å². The van der Waals surface area contributed by atoms with Crippen LogP contribution in [0.15, 0.2) is 116 Å². The summed E-state index contributed by atoms with van der Waals surface area (Å²) in [5, 5.41) is 0. The fourth-order valence-corrected chi connectivity index (χ4v) is 5.28. The van der Waals surface area contributed by atoms with E-state index in [2.05, 4.69) is 131 Å². The van der Waals surface area contributed by atoms with Gasteiger partial charge in [-0.05, 0) is 83.3 Å². The van der Waals surface area contributed by atoms with Gasteiger partial charge in [-0.3, -0.25) is 0 Å². The number of para-hydroxylation sites is 2. The van der Waals surface area contributed by atoms with Crippen molar-refractivity contribution in [2.24, 2.45) is 0 Å². The Hall–Kier alpha value is -4.24. The van der Waals surface area contributed by atoms with Crippen molar-refractivity contribution in [3.63, 3.8) is 0 Å². The lowest BCUT2D eigenvalue weighted by atomic mass is 9.75. The lowest BCUT2D eigenvalue weighted by molar-refractivity contribution is 0.439. The van der Waals surface area contributed by atoms with Crippen molar-refractivity contribution in [1.82, 2.24) is 9.97 Å². The molecule has 3 nitrogen and oxygen atoms in total. The van der Waals surface area contributed by atoms with Crippen molar-refractivity contribution in [2.75, 3.05) is 4.90 Å². The minimum atomic E-state index is 0.0894. The lowest BCUT2D eigenvalue weighted by Crippen LogP contribution is -2.21. The second-order valence-corrected chi connectivity index (χ2v) is 11.1. The van der Waals surface area contributed by atoms with E-state index in [0.29, 0.717) is 5.92 Å². The van der Waals surface area contributed by atoms with Gasteiger partial charge in [0.05, 0.1) is 0 Å². The van der Waals surface area contributed by atoms with Gasteiger partial charge in [0.25, 0.3) is 0 Å². The Labute approximate surface area is 253 Å². The van der Waals surface area contributed by atoms with Crippen LogP contribution in [0.4, 0.5) is 17.1 Å². The molecule has 1 aromatic heterocycles. The van der Waals surface area contributed by atoms with Crippen LogP contribution in [-0.4, -0.2) is 9.97 Å². The van der Waals surface area contributed by atoms with E-state index in [9.17, 15) is 0 Å². The summed E-state index contributed by atoms with van der Waals surface area (Å²) in [6.45, 7) is 15.4. The first-order valence-electron chi connectivity index (χ1n) is 15.4. The molecule has 0 unspecified atom stereocenters. The molecule has 5 rings (SSSR count). The molecular weight excluding hydrogens is 510 g/mol. The zero-order valence-corrected chi connectivity index (χ0v) is 26.3. The average Bonchev–Trinajstić information content (AvgIpc) is 3.06. The van der Waals surface area contributed by atoms with E-state index in [1.807, 2.05) is 38.4 Å². The Morgan fingerprint density at radius 2 is 1.14 bits per heavy atom. The van der Waals surface area contributed by atoms with Crippen molar-refractivity contribution >= 4 is 17.1 Å². The van der Waals surface area contributed by atoms with E-state index in [-0.39, 0.29) is 5.41 Å². The maximum absolute atomic E-state index is 4.90. The quantitative estimate of drug-likeness (QED) is 0.181. The van der Waals surface area contributed by atoms with Crippen molar-refractivity contribution in [1.29, 1.82) is 0 Å². The highest BCUT2D eigenvalue weighted by atomic mass is 15.1. The van der Waals surface area contributed by atoms with Gasteiger partial charge in [0, 0.05) is 40.6 Å². The number of anilines is 3. The summed E-state index contributed by atoms with van der Waals surface area (Å²) >= 11 is 0. The summed E-state index contributed by atoms with van der Waals surface area (Å²) in [4.78, 5) is 12.1. The van der Waals surface area contributed by atoms with Crippen molar-refractivity contribution in [3.8, 4) is 22.5 Å². The predicted octanol–water partition coefficient (Wildman–Crippen LogP) is 11.5. The van der Waals surface area contributed by atoms with Crippen LogP contribution in [0.25, 0.3) is 22.5 Å². The summed E-state index contributed by atoms with van der Waals surface area (Å²) < 4.78 is 0. The van der Waals surface area contributed by atoms with Crippen LogP contribution < -0.4 is 4.90 Å². The van der Waals surface area contributed by atoms with E-state index in [1.54, 1.807) is 0 Å². The Morgan fingerprint density at radius 3 is 1.62 bits per heavy atom. The van der Waals surface area contributed by atoms with Gasteiger partial charge in [-0.25, -0.2) is 9.97 Å². The topological polar surface area (TPSA) is 29.0 Å². The number of hydrogen-bond donors (Lipinski definition) is 0. The fraction of sp³-hybridized carbons (Fsp3) is 0.282. The van der Waals surface area contributed by atoms with Gasteiger partial charge < -0.3 is 4.90 Å². The summed E-state index contributed by atoms with van der Waals surface area (Å²) in [6, 6.07) is 36.5. The summed E-state index contributed by atoms with van der Waals surface area (Å²) in [6.07, 6.45) is 6.07. The largest absolute Gasteiger partial charge is 0.311 e. The van der Waals surface area contributed by atoms with Gasteiger partial charge in [-0.1, -0.05) is 109 Å². The molecule has 0 saturated heterocycles. The van der Waals surface area contributed by atoms with Gasteiger partial charge in [-0.2, -0.15) is 0 Å². The number of nitrogens with zero attached hydrogens (tertiary/aromatic N) is 3. The molecule has 1 heterocycles. The number of aromatic nitrogens is 2. The van der Waals surface area contributed by atoms with Crippen LogP contribution in [0.5, 0.6) is 0 Å². The van der Waals surface area contributed by atoms with Gasteiger partial charge in [0.2, 0.25) is 0 Å². The molecule has 216 valence electrons. The second kappa shape index (κ2) is 14.1. The molecule has 5 aromatic rings. The van der Waals surface area contributed by atoms with Gasteiger partial charge in [-0.15, -0.1) is 0 Å². The smallest absolute Gasteiger partial charge is 0.159 e. The first-order chi connectivity index (χ1) is 20.4. The van der Waals surface area contributed by atoms with Gasteiger partial charge >= 0.3 is 0 Å². The van der Waals surface area contributed by atoms with Crippen LogP contribution >= 0.6 is 0 Å².